The molecule has 1 N–H and O–H groups in total. The summed E-state index contributed by atoms with van der Waals surface area (Å²) < 4.78 is 10.6. The summed E-state index contributed by atoms with van der Waals surface area (Å²) in [6.45, 7) is 2.25. The predicted molar refractivity (Wildman–Crippen MR) is 100 cm³/mol. The van der Waals surface area contributed by atoms with Gasteiger partial charge in [0.2, 0.25) is 0 Å². The fourth-order valence-electron chi connectivity index (χ4n) is 1.79. The molecule has 2 aromatic carbocycles. The maximum absolute atomic E-state index is 11.7. The fourth-order valence-corrected chi connectivity index (χ4v) is 2.38. The smallest absolute Gasteiger partial charge is 0.277 e. The van der Waals surface area contributed by atoms with Crippen LogP contribution >= 0.6 is 34.8 Å². The number of nitrogens with one attached hydrogen (secondary N) is 1. The molecule has 5 nitrogen and oxygen atoms in total. The van der Waals surface area contributed by atoms with Crippen molar-refractivity contribution in [2.75, 3.05) is 13.2 Å². The molecule has 8 heteroatoms. The summed E-state index contributed by atoms with van der Waals surface area (Å²) in [5.74, 6) is 0.599. The quantitative estimate of drug-likeness (QED) is 0.420. The molecule has 0 saturated carbocycles. The zero-order valence-electron chi connectivity index (χ0n) is 13.3. The third-order valence-corrected chi connectivity index (χ3v) is 3.95. The Balaban J connectivity index is 1.83. The molecule has 0 aliphatic carbocycles. The van der Waals surface area contributed by atoms with E-state index in [1.807, 2.05) is 31.2 Å². The Morgan fingerprint density at radius 2 is 1.76 bits per heavy atom. The first-order valence-corrected chi connectivity index (χ1v) is 8.45. The highest BCUT2D eigenvalue weighted by molar-refractivity contribution is 6.43. The summed E-state index contributed by atoms with van der Waals surface area (Å²) in [7, 11) is 0. The minimum Gasteiger partial charge on any atom is -0.494 e. The molecule has 0 aliphatic heterocycles. The number of hydrogen-bond acceptors (Lipinski definition) is 4. The average molecular weight is 402 g/mol. The van der Waals surface area contributed by atoms with Crippen LogP contribution in [0.4, 0.5) is 0 Å². The number of amides is 1. The van der Waals surface area contributed by atoms with Gasteiger partial charge in [-0.15, -0.1) is 0 Å². The number of nitrogens with zero attached hydrogens (tertiary/aromatic N) is 1. The van der Waals surface area contributed by atoms with Gasteiger partial charge in [-0.05, 0) is 42.8 Å². The maximum atomic E-state index is 11.7. The Bertz CT molecular complexity index is 764. The van der Waals surface area contributed by atoms with Crippen molar-refractivity contribution in [1.82, 2.24) is 5.43 Å². The van der Waals surface area contributed by atoms with Gasteiger partial charge in [0.15, 0.2) is 6.61 Å². The molecule has 25 heavy (non-hydrogen) atoms. The van der Waals surface area contributed by atoms with Crippen LogP contribution in [0.25, 0.3) is 0 Å². The van der Waals surface area contributed by atoms with Crippen LogP contribution < -0.4 is 14.9 Å². The topological polar surface area (TPSA) is 59.9 Å². The molecule has 0 atom stereocenters. The molecule has 0 fully saturated rings. The number of carbonyl (C=O) groups excluding carboxylic acids is 1. The van der Waals surface area contributed by atoms with Crippen molar-refractivity contribution in [1.29, 1.82) is 0 Å². The molecule has 0 saturated heterocycles. The molecule has 0 heterocycles. The number of rotatable bonds is 7. The summed E-state index contributed by atoms with van der Waals surface area (Å²) in [6.07, 6.45) is 1.51. The Hall–Kier alpha value is -1.95. The molecule has 0 radical (unpaired) electrons. The zero-order chi connectivity index (χ0) is 18.2. The van der Waals surface area contributed by atoms with E-state index >= 15 is 0 Å². The number of hydrogen-bond donors (Lipinski definition) is 1. The minimum atomic E-state index is -0.440. The van der Waals surface area contributed by atoms with Crippen molar-refractivity contribution in [2.45, 2.75) is 6.92 Å². The molecule has 0 unspecified atom stereocenters. The third-order valence-electron chi connectivity index (χ3n) is 2.93. The maximum Gasteiger partial charge on any atom is 0.277 e. The summed E-state index contributed by atoms with van der Waals surface area (Å²) in [5, 5.41) is 4.72. The molecule has 0 aliphatic rings. The van der Waals surface area contributed by atoms with Gasteiger partial charge in [-0.3, -0.25) is 4.79 Å². The van der Waals surface area contributed by atoms with E-state index < -0.39 is 5.91 Å². The van der Waals surface area contributed by atoms with Gasteiger partial charge < -0.3 is 9.47 Å². The minimum absolute atomic E-state index is 0.264. The first-order valence-electron chi connectivity index (χ1n) is 7.31. The molecule has 2 aromatic rings. The Morgan fingerprint density at radius 3 is 2.44 bits per heavy atom. The van der Waals surface area contributed by atoms with E-state index in [1.54, 1.807) is 0 Å². The van der Waals surface area contributed by atoms with E-state index in [0.29, 0.717) is 11.6 Å². The van der Waals surface area contributed by atoms with Gasteiger partial charge in [-0.2, -0.15) is 5.10 Å². The summed E-state index contributed by atoms with van der Waals surface area (Å²) in [6, 6.07) is 10.2. The number of halogens is 3. The molecule has 1 amide bonds. The van der Waals surface area contributed by atoms with Crippen LogP contribution in [0.15, 0.2) is 41.5 Å². The molecule has 132 valence electrons. The number of hydrazone groups is 1. The molecule has 2 rings (SSSR count). The second kappa shape index (κ2) is 9.51. The van der Waals surface area contributed by atoms with Crippen LogP contribution in [0.2, 0.25) is 15.1 Å². The third kappa shape index (κ3) is 6.12. The van der Waals surface area contributed by atoms with E-state index in [-0.39, 0.29) is 22.4 Å². The molecular weight excluding hydrogens is 387 g/mol. The monoisotopic (exact) mass is 400 g/mol. The summed E-state index contributed by atoms with van der Waals surface area (Å²) in [5.41, 5.74) is 3.18. The van der Waals surface area contributed by atoms with Gasteiger partial charge >= 0.3 is 0 Å². The van der Waals surface area contributed by atoms with Crippen LogP contribution in [-0.4, -0.2) is 25.3 Å². The van der Waals surface area contributed by atoms with E-state index in [2.05, 4.69) is 10.5 Å². The Labute approximate surface area is 160 Å². The van der Waals surface area contributed by atoms with Crippen LogP contribution in [0.3, 0.4) is 0 Å². The first-order chi connectivity index (χ1) is 12.0. The lowest BCUT2D eigenvalue weighted by Gasteiger charge is -2.08. The van der Waals surface area contributed by atoms with Crippen molar-refractivity contribution in [3.63, 3.8) is 0 Å². The summed E-state index contributed by atoms with van der Waals surface area (Å²) >= 11 is 17.7. The lowest BCUT2D eigenvalue weighted by atomic mass is 10.2. The van der Waals surface area contributed by atoms with Gasteiger partial charge in [0.1, 0.15) is 11.5 Å². The van der Waals surface area contributed by atoms with E-state index in [0.717, 1.165) is 11.3 Å². The van der Waals surface area contributed by atoms with E-state index in [4.69, 9.17) is 44.3 Å². The van der Waals surface area contributed by atoms with Crippen LogP contribution in [-0.2, 0) is 4.79 Å². The molecule has 0 aromatic heterocycles. The second-order valence-electron chi connectivity index (χ2n) is 4.78. The average Bonchev–Trinajstić information content (AvgIpc) is 2.59. The lowest BCUT2D eigenvalue weighted by molar-refractivity contribution is -0.123. The highest BCUT2D eigenvalue weighted by atomic mass is 35.5. The van der Waals surface area contributed by atoms with Crippen molar-refractivity contribution in [2.24, 2.45) is 5.10 Å². The number of carbonyl (C=O) groups is 1. The number of benzene rings is 2. The van der Waals surface area contributed by atoms with Gasteiger partial charge in [0.25, 0.3) is 5.91 Å². The number of ether oxygens (including phenoxy) is 2. The van der Waals surface area contributed by atoms with E-state index in [1.165, 1.54) is 18.3 Å². The highest BCUT2D eigenvalue weighted by Crippen LogP contribution is 2.33. The van der Waals surface area contributed by atoms with Crippen molar-refractivity contribution in [3.05, 3.63) is 57.0 Å². The molecule has 0 spiro atoms. The van der Waals surface area contributed by atoms with Crippen LogP contribution in [0.1, 0.15) is 12.5 Å². The largest absolute Gasteiger partial charge is 0.494 e. The zero-order valence-corrected chi connectivity index (χ0v) is 15.5. The van der Waals surface area contributed by atoms with Crippen LogP contribution in [0, 0.1) is 0 Å². The van der Waals surface area contributed by atoms with Gasteiger partial charge in [0.05, 0.1) is 27.9 Å². The van der Waals surface area contributed by atoms with Gasteiger partial charge in [0, 0.05) is 6.07 Å². The van der Waals surface area contributed by atoms with E-state index in [9.17, 15) is 4.79 Å². The lowest BCUT2D eigenvalue weighted by Crippen LogP contribution is -2.24. The van der Waals surface area contributed by atoms with Gasteiger partial charge in [-0.25, -0.2) is 5.43 Å². The first kappa shape index (κ1) is 19.4. The Morgan fingerprint density at radius 1 is 1.08 bits per heavy atom. The van der Waals surface area contributed by atoms with Crippen LogP contribution in [0.5, 0.6) is 11.5 Å². The highest BCUT2D eigenvalue weighted by Gasteiger charge is 2.09. The normalized spacial score (nSPS) is 10.7. The standard InChI is InChI=1S/C17H15Cl3N2O3/c1-2-24-12-5-3-11(4-6-12)9-21-22-17(23)10-25-16-8-14(19)13(18)7-15(16)20/h3-9H,2,10H2,1H3,(H,22,23)/b21-9+. The second-order valence-corrected chi connectivity index (χ2v) is 6.00. The SMILES string of the molecule is CCOc1ccc(/C=N/NC(=O)COc2cc(Cl)c(Cl)cc2Cl)cc1. The van der Waals surface area contributed by atoms with Crippen molar-refractivity contribution in [3.8, 4) is 11.5 Å². The fraction of sp³-hybridized carbons (Fsp3) is 0.176. The predicted octanol–water partition coefficient (Wildman–Crippen LogP) is 4.57. The summed E-state index contributed by atoms with van der Waals surface area (Å²) in [4.78, 5) is 11.7. The molecular formula is C17H15Cl3N2O3. The van der Waals surface area contributed by atoms with Crippen molar-refractivity contribution >= 4 is 46.9 Å². The van der Waals surface area contributed by atoms with Gasteiger partial charge in [-0.1, -0.05) is 34.8 Å². The molecule has 0 bridgehead atoms. The van der Waals surface area contributed by atoms with Crippen molar-refractivity contribution < 1.29 is 14.3 Å². The Kier molecular flexibility index (Phi) is 7.37.